The number of carbonyl (C=O) groups is 2. The lowest BCUT2D eigenvalue weighted by molar-refractivity contribution is 0.0526. The molecule has 0 bridgehead atoms. The van der Waals surface area contributed by atoms with Crippen LogP contribution in [0.4, 0.5) is 17.1 Å². The van der Waals surface area contributed by atoms with Crippen molar-refractivity contribution in [2.75, 3.05) is 23.4 Å². The second-order valence-electron chi connectivity index (χ2n) is 6.24. The van der Waals surface area contributed by atoms with Crippen LogP contribution in [0.5, 0.6) is 0 Å². The molecule has 148 valence electrons. The lowest BCUT2D eigenvalue weighted by atomic mass is 10.2. The van der Waals surface area contributed by atoms with Gasteiger partial charge in [0.15, 0.2) is 0 Å². The van der Waals surface area contributed by atoms with E-state index < -0.39 is 0 Å². The van der Waals surface area contributed by atoms with Gasteiger partial charge in [-0.3, -0.25) is 4.79 Å². The van der Waals surface area contributed by atoms with Crippen molar-refractivity contribution < 1.29 is 14.3 Å². The Morgan fingerprint density at radius 2 is 1.62 bits per heavy atom. The molecule has 1 amide bonds. The summed E-state index contributed by atoms with van der Waals surface area (Å²) in [7, 11) is 0. The molecule has 1 N–H and O–H groups in total. The smallest absolute Gasteiger partial charge is 0.338 e. The van der Waals surface area contributed by atoms with Crippen molar-refractivity contribution in [1.29, 1.82) is 0 Å². The molecule has 0 saturated carbocycles. The Hall–Kier alpha value is -3.67. The first-order chi connectivity index (χ1) is 14.1. The van der Waals surface area contributed by atoms with E-state index >= 15 is 0 Å². The first kappa shape index (κ1) is 20.1. The number of benzene rings is 2. The summed E-state index contributed by atoms with van der Waals surface area (Å²) < 4.78 is 4.98. The van der Waals surface area contributed by atoms with Crippen molar-refractivity contribution in [2.24, 2.45) is 0 Å². The van der Waals surface area contributed by atoms with Crippen LogP contribution in [-0.2, 0) is 4.74 Å². The number of nitrogens with zero attached hydrogens (tertiary/aromatic N) is 2. The molecule has 0 saturated heterocycles. The number of carbonyl (C=O) groups excluding carboxylic acids is 2. The van der Waals surface area contributed by atoms with Gasteiger partial charge in [0.25, 0.3) is 5.91 Å². The fourth-order valence-electron chi connectivity index (χ4n) is 2.85. The van der Waals surface area contributed by atoms with Gasteiger partial charge in [-0.05, 0) is 62.4 Å². The summed E-state index contributed by atoms with van der Waals surface area (Å²) in [5.74, 6) is -0.494. The predicted molar refractivity (Wildman–Crippen MR) is 114 cm³/mol. The number of aromatic nitrogens is 1. The number of amides is 1. The maximum Gasteiger partial charge on any atom is 0.338 e. The van der Waals surface area contributed by atoms with E-state index in [-0.39, 0.29) is 11.9 Å². The first-order valence-corrected chi connectivity index (χ1v) is 9.49. The third-order valence-corrected chi connectivity index (χ3v) is 4.30. The number of anilines is 3. The molecule has 0 radical (unpaired) electrons. The van der Waals surface area contributed by atoms with Crippen molar-refractivity contribution >= 4 is 28.9 Å². The standard InChI is InChI=1S/C23H23N3O3/c1-3-26(20-8-6-5-7-9-20)22(27)21-15-14-19(16-24-21)25-18-12-10-17(11-13-18)23(28)29-4-2/h5-16,25H,3-4H2,1-2H3. The number of hydrogen-bond donors (Lipinski definition) is 1. The average molecular weight is 389 g/mol. The van der Waals surface area contributed by atoms with E-state index in [1.807, 2.05) is 37.3 Å². The van der Waals surface area contributed by atoms with E-state index in [9.17, 15) is 9.59 Å². The van der Waals surface area contributed by atoms with Gasteiger partial charge in [0.05, 0.1) is 24.1 Å². The number of pyridine rings is 1. The Balaban J connectivity index is 1.68. The van der Waals surface area contributed by atoms with Gasteiger partial charge in [-0.2, -0.15) is 0 Å². The molecular weight excluding hydrogens is 366 g/mol. The highest BCUT2D eigenvalue weighted by Crippen LogP contribution is 2.19. The summed E-state index contributed by atoms with van der Waals surface area (Å²) in [4.78, 5) is 30.5. The van der Waals surface area contributed by atoms with Gasteiger partial charge in [-0.15, -0.1) is 0 Å². The Kier molecular flexibility index (Phi) is 6.58. The number of hydrogen-bond acceptors (Lipinski definition) is 5. The van der Waals surface area contributed by atoms with E-state index in [1.165, 1.54) is 0 Å². The van der Waals surface area contributed by atoms with Gasteiger partial charge < -0.3 is 15.0 Å². The molecule has 0 aliphatic rings. The van der Waals surface area contributed by atoms with E-state index in [0.717, 1.165) is 17.1 Å². The average Bonchev–Trinajstić information content (AvgIpc) is 2.76. The molecule has 0 aliphatic heterocycles. The maximum atomic E-state index is 12.8. The summed E-state index contributed by atoms with van der Waals surface area (Å²) in [6.07, 6.45) is 1.62. The number of para-hydroxylation sites is 1. The first-order valence-electron chi connectivity index (χ1n) is 9.49. The van der Waals surface area contributed by atoms with Crippen molar-refractivity contribution in [1.82, 2.24) is 4.98 Å². The van der Waals surface area contributed by atoms with Crippen molar-refractivity contribution in [3.05, 3.63) is 84.2 Å². The van der Waals surface area contributed by atoms with Crippen LogP contribution in [0.25, 0.3) is 0 Å². The van der Waals surface area contributed by atoms with Crippen LogP contribution in [0.15, 0.2) is 72.9 Å². The summed E-state index contributed by atoms with van der Waals surface area (Å²) in [5.41, 5.74) is 3.26. The third kappa shape index (κ3) is 4.99. The van der Waals surface area contributed by atoms with Crippen LogP contribution in [0.3, 0.4) is 0 Å². The highest BCUT2D eigenvalue weighted by atomic mass is 16.5. The summed E-state index contributed by atoms with van der Waals surface area (Å²) in [6.45, 7) is 4.60. The van der Waals surface area contributed by atoms with E-state index in [2.05, 4.69) is 10.3 Å². The van der Waals surface area contributed by atoms with Crippen LogP contribution >= 0.6 is 0 Å². The molecule has 1 heterocycles. The van der Waals surface area contributed by atoms with Crippen molar-refractivity contribution in [3.63, 3.8) is 0 Å². The zero-order valence-corrected chi connectivity index (χ0v) is 16.5. The Morgan fingerprint density at radius 1 is 0.931 bits per heavy atom. The molecule has 0 aliphatic carbocycles. The highest BCUT2D eigenvalue weighted by Gasteiger charge is 2.17. The fourth-order valence-corrected chi connectivity index (χ4v) is 2.85. The van der Waals surface area contributed by atoms with Gasteiger partial charge in [0.2, 0.25) is 0 Å². The molecule has 6 nitrogen and oxygen atoms in total. The summed E-state index contributed by atoms with van der Waals surface area (Å²) >= 11 is 0. The lowest BCUT2D eigenvalue weighted by Crippen LogP contribution is -2.31. The molecule has 0 unspecified atom stereocenters. The molecule has 3 aromatic rings. The molecular formula is C23H23N3O3. The van der Waals surface area contributed by atoms with Crippen LogP contribution < -0.4 is 10.2 Å². The zero-order valence-electron chi connectivity index (χ0n) is 16.5. The Morgan fingerprint density at radius 3 is 2.21 bits per heavy atom. The minimum Gasteiger partial charge on any atom is -0.462 e. The van der Waals surface area contributed by atoms with Gasteiger partial charge in [-0.1, -0.05) is 18.2 Å². The minimum absolute atomic E-state index is 0.149. The zero-order chi connectivity index (χ0) is 20.6. The Labute approximate surface area is 170 Å². The molecule has 1 aromatic heterocycles. The van der Waals surface area contributed by atoms with Crippen LogP contribution in [0.2, 0.25) is 0 Å². The Bertz CT molecular complexity index is 955. The van der Waals surface area contributed by atoms with Gasteiger partial charge in [0, 0.05) is 17.9 Å². The number of ether oxygens (including phenoxy) is 1. The molecule has 29 heavy (non-hydrogen) atoms. The second-order valence-corrected chi connectivity index (χ2v) is 6.24. The van der Waals surface area contributed by atoms with Crippen LogP contribution in [0, 0.1) is 0 Å². The highest BCUT2D eigenvalue weighted by molar-refractivity contribution is 6.04. The van der Waals surface area contributed by atoms with Crippen molar-refractivity contribution in [2.45, 2.75) is 13.8 Å². The third-order valence-electron chi connectivity index (χ3n) is 4.30. The predicted octanol–water partition coefficient (Wildman–Crippen LogP) is 4.67. The normalized spacial score (nSPS) is 10.3. The lowest BCUT2D eigenvalue weighted by Gasteiger charge is -2.20. The number of rotatable bonds is 7. The van der Waals surface area contributed by atoms with Gasteiger partial charge >= 0.3 is 5.97 Å². The van der Waals surface area contributed by atoms with E-state index in [4.69, 9.17) is 4.74 Å². The monoisotopic (exact) mass is 389 g/mol. The molecule has 6 heteroatoms. The van der Waals surface area contributed by atoms with Gasteiger partial charge in [0.1, 0.15) is 5.69 Å². The molecule has 0 fully saturated rings. The molecule has 0 spiro atoms. The molecule has 0 atom stereocenters. The van der Waals surface area contributed by atoms with Crippen LogP contribution in [0.1, 0.15) is 34.7 Å². The largest absolute Gasteiger partial charge is 0.462 e. The summed E-state index contributed by atoms with van der Waals surface area (Å²) in [5, 5.41) is 3.20. The summed E-state index contributed by atoms with van der Waals surface area (Å²) in [6, 6.07) is 20.0. The van der Waals surface area contributed by atoms with E-state index in [1.54, 1.807) is 54.4 Å². The SMILES string of the molecule is CCOC(=O)c1ccc(Nc2ccc(C(=O)N(CC)c3ccccc3)nc2)cc1. The topological polar surface area (TPSA) is 71.5 Å². The number of esters is 1. The van der Waals surface area contributed by atoms with Crippen LogP contribution in [-0.4, -0.2) is 30.0 Å². The minimum atomic E-state index is -0.345. The molecule has 3 rings (SSSR count). The van der Waals surface area contributed by atoms with Gasteiger partial charge in [-0.25, -0.2) is 9.78 Å². The fraction of sp³-hybridized carbons (Fsp3) is 0.174. The number of nitrogens with one attached hydrogen (secondary N) is 1. The van der Waals surface area contributed by atoms with Crippen molar-refractivity contribution in [3.8, 4) is 0 Å². The van der Waals surface area contributed by atoms with E-state index in [0.29, 0.717) is 24.4 Å². The molecule has 2 aromatic carbocycles. The maximum absolute atomic E-state index is 12.8. The second kappa shape index (κ2) is 9.50. The quantitative estimate of drug-likeness (QED) is 0.595.